The smallest absolute Gasteiger partial charge is 0.306 e. The highest BCUT2D eigenvalue weighted by molar-refractivity contribution is 5.94. The van der Waals surface area contributed by atoms with E-state index >= 15 is 0 Å². The zero-order valence-electron chi connectivity index (χ0n) is 12.7. The van der Waals surface area contributed by atoms with Gasteiger partial charge in [0, 0.05) is 12.1 Å². The summed E-state index contributed by atoms with van der Waals surface area (Å²) in [7, 11) is 0. The lowest BCUT2D eigenvalue weighted by Crippen LogP contribution is -2.32. The third-order valence-corrected chi connectivity index (χ3v) is 4.23. The van der Waals surface area contributed by atoms with Crippen molar-refractivity contribution in [2.45, 2.75) is 39.5 Å². The van der Waals surface area contributed by atoms with Crippen LogP contribution >= 0.6 is 0 Å². The summed E-state index contributed by atoms with van der Waals surface area (Å²) in [6.07, 6.45) is 3.20. The van der Waals surface area contributed by atoms with Crippen molar-refractivity contribution in [3.63, 3.8) is 0 Å². The van der Waals surface area contributed by atoms with E-state index in [1.807, 2.05) is 32.0 Å². The summed E-state index contributed by atoms with van der Waals surface area (Å²) in [6, 6.07) is 5.83. The van der Waals surface area contributed by atoms with Gasteiger partial charge >= 0.3 is 5.97 Å². The molecule has 1 aromatic rings. The molecule has 0 atom stereocenters. The Morgan fingerprint density at radius 3 is 2.19 bits per heavy atom. The molecule has 21 heavy (non-hydrogen) atoms. The van der Waals surface area contributed by atoms with Gasteiger partial charge in [0.1, 0.15) is 0 Å². The number of carbonyl (C=O) groups is 2. The van der Waals surface area contributed by atoms with Crippen molar-refractivity contribution in [3.05, 3.63) is 34.9 Å². The van der Waals surface area contributed by atoms with Gasteiger partial charge in [0.05, 0.1) is 5.92 Å². The van der Waals surface area contributed by atoms with Gasteiger partial charge in [-0.15, -0.1) is 0 Å². The molecular weight excluding hydrogens is 266 g/mol. The van der Waals surface area contributed by atoms with Crippen LogP contribution < -0.4 is 5.32 Å². The van der Waals surface area contributed by atoms with Gasteiger partial charge in [-0.3, -0.25) is 9.59 Å². The molecule has 4 heteroatoms. The molecule has 0 unspecified atom stereocenters. The van der Waals surface area contributed by atoms with Crippen molar-refractivity contribution in [2.75, 3.05) is 6.54 Å². The zero-order valence-corrected chi connectivity index (χ0v) is 12.7. The predicted molar refractivity (Wildman–Crippen MR) is 81.3 cm³/mol. The molecule has 1 saturated carbocycles. The second-order valence-electron chi connectivity index (χ2n) is 6.14. The van der Waals surface area contributed by atoms with E-state index in [9.17, 15) is 9.59 Å². The summed E-state index contributed by atoms with van der Waals surface area (Å²) >= 11 is 0. The Morgan fingerprint density at radius 2 is 1.67 bits per heavy atom. The molecule has 0 spiro atoms. The SMILES string of the molecule is Cc1cc(C)cc(C(=O)NCC2CCC(C(=O)O)CC2)c1. The molecule has 1 aliphatic carbocycles. The van der Waals surface area contributed by atoms with Crippen molar-refractivity contribution in [2.24, 2.45) is 11.8 Å². The van der Waals surface area contributed by atoms with E-state index in [0.717, 1.165) is 36.8 Å². The molecule has 2 N–H and O–H groups in total. The Morgan fingerprint density at radius 1 is 1.10 bits per heavy atom. The van der Waals surface area contributed by atoms with Crippen molar-refractivity contribution in [1.29, 1.82) is 0 Å². The van der Waals surface area contributed by atoms with Crippen molar-refractivity contribution in [3.8, 4) is 0 Å². The van der Waals surface area contributed by atoms with Crippen LogP contribution in [0, 0.1) is 25.7 Å². The van der Waals surface area contributed by atoms with Crippen LogP contribution in [0.5, 0.6) is 0 Å². The average molecular weight is 289 g/mol. The normalized spacial score (nSPS) is 21.8. The largest absolute Gasteiger partial charge is 0.481 e. The predicted octanol–water partition coefficient (Wildman–Crippen LogP) is 2.92. The van der Waals surface area contributed by atoms with Crippen LogP contribution in [-0.2, 0) is 4.79 Å². The van der Waals surface area contributed by atoms with Crippen molar-refractivity contribution >= 4 is 11.9 Å². The van der Waals surface area contributed by atoms with Crippen molar-refractivity contribution in [1.82, 2.24) is 5.32 Å². The molecule has 1 aromatic carbocycles. The number of carboxylic acid groups (broad SMARTS) is 1. The van der Waals surface area contributed by atoms with E-state index in [4.69, 9.17) is 5.11 Å². The summed E-state index contributed by atoms with van der Waals surface area (Å²) in [5.41, 5.74) is 2.87. The first-order chi connectivity index (χ1) is 9.95. The molecule has 0 bridgehead atoms. The lowest BCUT2D eigenvalue weighted by Gasteiger charge is -2.26. The summed E-state index contributed by atoms with van der Waals surface area (Å²) in [5, 5.41) is 12.0. The standard InChI is InChI=1S/C17H23NO3/c1-11-7-12(2)9-15(8-11)16(19)18-10-13-3-5-14(6-4-13)17(20)21/h7-9,13-14H,3-6,10H2,1-2H3,(H,18,19)(H,20,21). The number of benzene rings is 1. The maximum absolute atomic E-state index is 12.2. The Hall–Kier alpha value is -1.84. The quantitative estimate of drug-likeness (QED) is 0.895. The Bertz CT molecular complexity index is 511. The highest BCUT2D eigenvalue weighted by Crippen LogP contribution is 2.28. The maximum atomic E-state index is 12.2. The van der Waals surface area contributed by atoms with Gasteiger partial charge in [0.25, 0.3) is 5.91 Å². The van der Waals surface area contributed by atoms with Crippen LogP contribution in [0.3, 0.4) is 0 Å². The van der Waals surface area contributed by atoms with Gasteiger partial charge in [-0.05, 0) is 57.6 Å². The average Bonchev–Trinajstić information content (AvgIpc) is 2.44. The fourth-order valence-electron chi connectivity index (χ4n) is 3.06. The van der Waals surface area contributed by atoms with Gasteiger partial charge in [0.2, 0.25) is 0 Å². The summed E-state index contributed by atoms with van der Waals surface area (Å²) in [5.74, 6) is -0.526. The highest BCUT2D eigenvalue weighted by atomic mass is 16.4. The molecule has 0 radical (unpaired) electrons. The fourth-order valence-corrected chi connectivity index (χ4v) is 3.06. The molecule has 1 fully saturated rings. The number of aryl methyl sites for hydroxylation is 2. The highest BCUT2D eigenvalue weighted by Gasteiger charge is 2.26. The molecule has 0 heterocycles. The second-order valence-corrected chi connectivity index (χ2v) is 6.14. The van der Waals surface area contributed by atoms with E-state index in [2.05, 4.69) is 5.32 Å². The first-order valence-corrected chi connectivity index (χ1v) is 7.55. The van der Waals surface area contributed by atoms with Crippen LogP contribution in [0.25, 0.3) is 0 Å². The molecule has 0 saturated heterocycles. The summed E-state index contributed by atoms with van der Waals surface area (Å²) in [4.78, 5) is 23.1. The zero-order chi connectivity index (χ0) is 15.4. The number of carboxylic acids is 1. The molecule has 114 valence electrons. The molecule has 2 rings (SSSR count). The Kier molecular flexibility index (Phi) is 4.99. The van der Waals surface area contributed by atoms with Gasteiger partial charge in [0.15, 0.2) is 0 Å². The van der Waals surface area contributed by atoms with Gasteiger partial charge in [-0.2, -0.15) is 0 Å². The van der Waals surface area contributed by atoms with Crippen LogP contribution in [0.4, 0.5) is 0 Å². The third-order valence-electron chi connectivity index (χ3n) is 4.23. The fraction of sp³-hybridized carbons (Fsp3) is 0.529. The second kappa shape index (κ2) is 6.74. The first-order valence-electron chi connectivity index (χ1n) is 7.55. The van der Waals surface area contributed by atoms with Crippen LogP contribution in [0.2, 0.25) is 0 Å². The topological polar surface area (TPSA) is 66.4 Å². The molecule has 1 amide bonds. The van der Waals surface area contributed by atoms with Crippen LogP contribution in [0.1, 0.15) is 47.2 Å². The number of hydrogen-bond donors (Lipinski definition) is 2. The number of amides is 1. The lowest BCUT2D eigenvalue weighted by atomic mass is 9.82. The van der Waals surface area contributed by atoms with Crippen LogP contribution in [-0.4, -0.2) is 23.5 Å². The number of nitrogens with one attached hydrogen (secondary N) is 1. The first kappa shape index (κ1) is 15.5. The van der Waals surface area contributed by atoms with E-state index < -0.39 is 5.97 Å². The summed E-state index contributed by atoms with van der Waals surface area (Å²) < 4.78 is 0. The van der Waals surface area contributed by atoms with E-state index in [-0.39, 0.29) is 11.8 Å². The number of carbonyl (C=O) groups excluding carboxylic acids is 1. The van der Waals surface area contributed by atoms with E-state index in [1.165, 1.54) is 0 Å². The number of hydrogen-bond acceptors (Lipinski definition) is 2. The Labute approximate surface area is 125 Å². The minimum absolute atomic E-state index is 0.0397. The third kappa shape index (κ3) is 4.31. The number of rotatable bonds is 4. The molecular formula is C17H23NO3. The van der Waals surface area contributed by atoms with Crippen LogP contribution in [0.15, 0.2) is 18.2 Å². The van der Waals surface area contributed by atoms with Gasteiger partial charge in [-0.25, -0.2) is 0 Å². The minimum atomic E-state index is -0.687. The molecule has 4 nitrogen and oxygen atoms in total. The molecule has 0 aromatic heterocycles. The number of aliphatic carboxylic acids is 1. The molecule has 1 aliphatic rings. The molecule has 0 aliphatic heterocycles. The van der Waals surface area contributed by atoms with E-state index in [0.29, 0.717) is 18.0 Å². The minimum Gasteiger partial charge on any atom is -0.481 e. The van der Waals surface area contributed by atoms with Gasteiger partial charge in [-0.1, -0.05) is 17.2 Å². The maximum Gasteiger partial charge on any atom is 0.306 e. The Balaban J connectivity index is 1.83. The lowest BCUT2D eigenvalue weighted by molar-refractivity contribution is -0.143. The summed E-state index contributed by atoms with van der Waals surface area (Å²) in [6.45, 7) is 4.60. The monoisotopic (exact) mass is 289 g/mol. The van der Waals surface area contributed by atoms with Crippen molar-refractivity contribution < 1.29 is 14.7 Å². The van der Waals surface area contributed by atoms with E-state index in [1.54, 1.807) is 0 Å². The van der Waals surface area contributed by atoms with Gasteiger partial charge < -0.3 is 10.4 Å².